The first-order valence-corrected chi connectivity index (χ1v) is 5.61. The monoisotopic (exact) mass is 339 g/mol. The van der Waals surface area contributed by atoms with Crippen LogP contribution in [0.25, 0.3) is 0 Å². The SMILES string of the molecule is Cc1cccc(NCc2ccccc2)c1C.I. The Bertz CT molecular complexity index is 466. The molecule has 1 N–H and O–H groups in total. The van der Waals surface area contributed by atoms with E-state index in [9.17, 15) is 0 Å². The molecule has 0 fully saturated rings. The van der Waals surface area contributed by atoms with Gasteiger partial charge in [0.1, 0.15) is 0 Å². The summed E-state index contributed by atoms with van der Waals surface area (Å²) in [5.41, 5.74) is 5.20. The molecular weight excluding hydrogens is 321 g/mol. The zero-order valence-electron chi connectivity index (χ0n) is 10.2. The van der Waals surface area contributed by atoms with Crippen LogP contribution in [0.2, 0.25) is 0 Å². The molecule has 2 aromatic carbocycles. The topological polar surface area (TPSA) is 12.0 Å². The lowest BCUT2D eigenvalue weighted by Gasteiger charge is -2.11. The molecule has 0 unspecified atom stereocenters. The van der Waals surface area contributed by atoms with Crippen molar-refractivity contribution in [2.75, 3.05) is 5.32 Å². The van der Waals surface area contributed by atoms with Gasteiger partial charge in [-0.05, 0) is 36.6 Å². The highest BCUT2D eigenvalue weighted by atomic mass is 127. The lowest BCUT2D eigenvalue weighted by atomic mass is 10.1. The van der Waals surface area contributed by atoms with Crippen LogP contribution in [0.5, 0.6) is 0 Å². The van der Waals surface area contributed by atoms with E-state index < -0.39 is 0 Å². The van der Waals surface area contributed by atoms with Crippen molar-refractivity contribution in [1.29, 1.82) is 0 Å². The molecule has 0 aliphatic rings. The summed E-state index contributed by atoms with van der Waals surface area (Å²) < 4.78 is 0. The molecule has 2 rings (SSSR count). The van der Waals surface area contributed by atoms with Crippen LogP contribution in [0.15, 0.2) is 48.5 Å². The molecule has 0 aromatic heterocycles. The van der Waals surface area contributed by atoms with Crippen LogP contribution in [0.1, 0.15) is 16.7 Å². The number of rotatable bonds is 3. The normalized spacial score (nSPS) is 9.53. The van der Waals surface area contributed by atoms with Crippen LogP contribution in [-0.2, 0) is 6.54 Å². The Morgan fingerprint density at radius 2 is 1.59 bits per heavy atom. The fraction of sp³-hybridized carbons (Fsp3) is 0.200. The van der Waals surface area contributed by atoms with Crippen LogP contribution in [-0.4, -0.2) is 0 Å². The molecular formula is C15H18IN. The van der Waals surface area contributed by atoms with Gasteiger partial charge in [-0.15, -0.1) is 24.0 Å². The minimum Gasteiger partial charge on any atom is -0.381 e. The summed E-state index contributed by atoms with van der Waals surface area (Å²) in [5.74, 6) is 0. The van der Waals surface area contributed by atoms with E-state index in [1.165, 1.54) is 22.4 Å². The minimum absolute atomic E-state index is 0. The third-order valence-corrected chi connectivity index (χ3v) is 2.93. The van der Waals surface area contributed by atoms with Gasteiger partial charge in [-0.1, -0.05) is 42.5 Å². The highest BCUT2D eigenvalue weighted by Crippen LogP contribution is 2.18. The highest BCUT2D eigenvalue weighted by Gasteiger charge is 1.99. The Labute approximate surface area is 120 Å². The van der Waals surface area contributed by atoms with Gasteiger partial charge in [0.15, 0.2) is 0 Å². The number of halogens is 1. The summed E-state index contributed by atoms with van der Waals surface area (Å²) in [6.45, 7) is 5.18. The van der Waals surface area contributed by atoms with Crippen molar-refractivity contribution in [2.45, 2.75) is 20.4 Å². The van der Waals surface area contributed by atoms with Crippen molar-refractivity contribution in [3.63, 3.8) is 0 Å². The second-order valence-corrected chi connectivity index (χ2v) is 4.09. The van der Waals surface area contributed by atoms with Crippen LogP contribution in [0, 0.1) is 13.8 Å². The Kier molecular flexibility index (Phi) is 5.48. The average Bonchev–Trinajstić information content (AvgIpc) is 2.32. The fourth-order valence-electron chi connectivity index (χ4n) is 1.74. The predicted octanol–water partition coefficient (Wildman–Crippen LogP) is 4.53. The van der Waals surface area contributed by atoms with Gasteiger partial charge in [-0.25, -0.2) is 0 Å². The van der Waals surface area contributed by atoms with Gasteiger partial charge in [0, 0.05) is 12.2 Å². The Balaban J connectivity index is 0.00000144. The molecule has 0 spiro atoms. The smallest absolute Gasteiger partial charge is 0.0400 e. The summed E-state index contributed by atoms with van der Waals surface area (Å²) in [5, 5.41) is 3.47. The second-order valence-electron chi connectivity index (χ2n) is 4.09. The third-order valence-electron chi connectivity index (χ3n) is 2.93. The van der Waals surface area contributed by atoms with E-state index in [-0.39, 0.29) is 24.0 Å². The van der Waals surface area contributed by atoms with Crippen LogP contribution in [0.3, 0.4) is 0 Å². The molecule has 2 aromatic rings. The fourth-order valence-corrected chi connectivity index (χ4v) is 1.74. The third kappa shape index (κ3) is 3.73. The number of anilines is 1. The zero-order valence-corrected chi connectivity index (χ0v) is 12.6. The van der Waals surface area contributed by atoms with Crippen molar-refractivity contribution < 1.29 is 0 Å². The van der Waals surface area contributed by atoms with Crippen molar-refractivity contribution in [3.8, 4) is 0 Å². The molecule has 2 heteroatoms. The van der Waals surface area contributed by atoms with Crippen LogP contribution >= 0.6 is 24.0 Å². The molecule has 0 aliphatic heterocycles. The molecule has 0 heterocycles. The van der Waals surface area contributed by atoms with Gasteiger partial charge in [-0.3, -0.25) is 0 Å². The van der Waals surface area contributed by atoms with Gasteiger partial charge in [0.2, 0.25) is 0 Å². The van der Waals surface area contributed by atoms with Crippen LogP contribution < -0.4 is 5.32 Å². The quantitative estimate of drug-likeness (QED) is 0.810. The van der Waals surface area contributed by atoms with Gasteiger partial charge >= 0.3 is 0 Å². The predicted molar refractivity (Wildman–Crippen MR) is 85.1 cm³/mol. The van der Waals surface area contributed by atoms with E-state index in [2.05, 4.69) is 61.6 Å². The van der Waals surface area contributed by atoms with E-state index in [0.717, 1.165) is 6.54 Å². The molecule has 1 nitrogen and oxygen atoms in total. The molecule has 0 saturated heterocycles. The number of hydrogen-bond donors (Lipinski definition) is 1. The van der Waals surface area contributed by atoms with E-state index >= 15 is 0 Å². The van der Waals surface area contributed by atoms with E-state index in [4.69, 9.17) is 0 Å². The van der Waals surface area contributed by atoms with Gasteiger partial charge in [0.25, 0.3) is 0 Å². The van der Waals surface area contributed by atoms with Gasteiger partial charge < -0.3 is 5.32 Å². The summed E-state index contributed by atoms with van der Waals surface area (Å²) in [4.78, 5) is 0. The van der Waals surface area contributed by atoms with Crippen molar-refractivity contribution in [3.05, 3.63) is 65.2 Å². The molecule has 0 radical (unpaired) electrons. The number of benzene rings is 2. The first kappa shape index (κ1) is 14.0. The lowest BCUT2D eigenvalue weighted by Crippen LogP contribution is -2.01. The zero-order chi connectivity index (χ0) is 11.4. The molecule has 0 aliphatic carbocycles. The second kappa shape index (κ2) is 6.64. The summed E-state index contributed by atoms with van der Waals surface area (Å²) >= 11 is 0. The largest absolute Gasteiger partial charge is 0.381 e. The molecule has 0 atom stereocenters. The number of nitrogens with one attached hydrogen (secondary N) is 1. The maximum Gasteiger partial charge on any atom is 0.0400 e. The average molecular weight is 339 g/mol. The maximum absolute atomic E-state index is 3.47. The van der Waals surface area contributed by atoms with Crippen molar-refractivity contribution in [2.24, 2.45) is 0 Å². The lowest BCUT2D eigenvalue weighted by molar-refractivity contribution is 1.13. The molecule has 0 amide bonds. The Morgan fingerprint density at radius 1 is 0.882 bits per heavy atom. The first-order valence-electron chi connectivity index (χ1n) is 5.61. The minimum atomic E-state index is 0. The Morgan fingerprint density at radius 3 is 2.29 bits per heavy atom. The van der Waals surface area contributed by atoms with Crippen molar-refractivity contribution in [1.82, 2.24) is 0 Å². The van der Waals surface area contributed by atoms with E-state index in [1.54, 1.807) is 0 Å². The van der Waals surface area contributed by atoms with Gasteiger partial charge in [-0.2, -0.15) is 0 Å². The summed E-state index contributed by atoms with van der Waals surface area (Å²) in [6.07, 6.45) is 0. The molecule has 90 valence electrons. The van der Waals surface area contributed by atoms with E-state index in [0.29, 0.717) is 0 Å². The van der Waals surface area contributed by atoms with Gasteiger partial charge in [0.05, 0.1) is 0 Å². The Hall–Kier alpha value is -1.03. The van der Waals surface area contributed by atoms with E-state index in [1.807, 2.05) is 6.07 Å². The van der Waals surface area contributed by atoms with Crippen LogP contribution in [0.4, 0.5) is 5.69 Å². The maximum atomic E-state index is 3.47. The molecule has 17 heavy (non-hydrogen) atoms. The highest BCUT2D eigenvalue weighted by molar-refractivity contribution is 14.0. The summed E-state index contributed by atoms with van der Waals surface area (Å²) in [6, 6.07) is 16.8. The molecule has 0 saturated carbocycles. The standard InChI is InChI=1S/C15H17N.HI/c1-12-7-6-10-15(13(12)2)16-11-14-8-4-3-5-9-14;/h3-10,16H,11H2,1-2H3;1H. The van der Waals surface area contributed by atoms with Crippen molar-refractivity contribution >= 4 is 29.7 Å². The number of aryl methyl sites for hydroxylation is 1. The summed E-state index contributed by atoms with van der Waals surface area (Å²) in [7, 11) is 0. The number of hydrogen-bond acceptors (Lipinski definition) is 1. The first-order chi connectivity index (χ1) is 7.77. The molecule has 0 bridgehead atoms.